The summed E-state index contributed by atoms with van der Waals surface area (Å²) in [5.41, 5.74) is 1.34. The lowest BCUT2D eigenvalue weighted by molar-refractivity contribution is 0.465. The second-order valence-corrected chi connectivity index (χ2v) is 5.07. The molecule has 1 aromatic rings. The van der Waals surface area contributed by atoms with Gasteiger partial charge in [-0.1, -0.05) is 34.6 Å². The zero-order valence-corrected chi connectivity index (χ0v) is 9.33. The van der Waals surface area contributed by atoms with Crippen LogP contribution in [-0.4, -0.2) is 9.78 Å². The maximum Gasteiger partial charge on any atom is 0.0677 e. The van der Waals surface area contributed by atoms with E-state index in [2.05, 4.69) is 52.0 Å². The predicted octanol–water partition coefficient (Wildman–Crippen LogP) is 2.84. The molecule has 2 nitrogen and oxygen atoms in total. The summed E-state index contributed by atoms with van der Waals surface area (Å²) in [5.74, 6) is 0.660. The van der Waals surface area contributed by atoms with Crippen LogP contribution >= 0.6 is 0 Å². The topological polar surface area (TPSA) is 17.8 Å². The van der Waals surface area contributed by atoms with Gasteiger partial charge in [-0.3, -0.25) is 4.68 Å². The van der Waals surface area contributed by atoms with Crippen molar-refractivity contribution in [1.29, 1.82) is 0 Å². The Morgan fingerprint density at radius 3 is 2.38 bits per heavy atom. The molecule has 0 fully saturated rings. The van der Waals surface area contributed by atoms with E-state index in [9.17, 15) is 0 Å². The van der Waals surface area contributed by atoms with E-state index in [0.717, 1.165) is 6.54 Å². The average molecular weight is 180 g/mol. The third-order valence-corrected chi connectivity index (χ3v) is 1.96. The van der Waals surface area contributed by atoms with Crippen LogP contribution in [0.3, 0.4) is 0 Å². The lowest BCUT2D eigenvalue weighted by Gasteiger charge is -2.14. The minimum atomic E-state index is 0.169. The van der Waals surface area contributed by atoms with E-state index in [0.29, 0.717) is 5.92 Å². The Hall–Kier alpha value is -0.790. The normalized spacial score (nSPS) is 12.5. The zero-order valence-electron chi connectivity index (χ0n) is 9.33. The van der Waals surface area contributed by atoms with Crippen LogP contribution in [-0.2, 0) is 12.0 Å². The summed E-state index contributed by atoms with van der Waals surface area (Å²) >= 11 is 0. The van der Waals surface area contributed by atoms with Crippen molar-refractivity contribution < 1.29 is 0 Å². The van der Waals surface area contributed by atoms with E-state index in [-0.39, 0.29) is 5.41 Å². The van der Waals surface area contributed by atoms with E-state index in [1.54, 1.807) is 0 Å². The van der Waals surface area contributed by atoms with Crippen LogP contribution in [0.4, 0.5) is 0 Å². The van der Waals surface area contributed by atoms with Crippen LogP contribution in [0.1, 0.15) is 40.3 Å². The molecule has 0 saturated heterocycles. The minimum Gasteiger partial charge on any atom is -0.272 e. The van der Waals surface area contributed by atoms with Gasteiger partial charge in [-0.15, -0.1) is 0 Å². The smallest absolute Gasteiger partial charge is 0.0677 e. The summed E-state index contributed by atoms with van der Waals surface area (Å²) in [7, 11) is 0. The molecule has 0 aromatic carbocycles. The monoisotopic (exact) mass is 180 g/mol. The van der Waals surface area contributed by atoms with Crippen molar-refractivity contribution in [2.45, 2.75) is 46.6 Å². The first-order valence-electron chi connectivity index (χ1n) is 4.93. The number of hydrogen-bond acceptors (Lipinski definition) is 1. The molecule has 0 radical (unpaired) electrons. The summed E-state index contributed by atoms with van der Waals surface area (Å²) in [6.07, 6.45) is 2.07. The van der Waals surface area contributed by atoms with Crippen molar-refractivity contribution in [2.24, 2.45) is 5.92 Å². The van der Waals surface area contributed by atoms with Gasteiger partial charge in [0.25, 0.3) is 0 Å². The third-order valence-electron chi connectivity index (χ3n) is 1.96. The Bertz CT molecular complexity index is 266. The van der Waals surface area contributed by atoms with Crippen LogP contribution in [0.15, 0.2) is 12.3 Å². The van der Waals surface area contributed by atoms with Crippen molar-refractivity contribution in [3.8, 4) is 0 Å². The van der Waals surface area contributed by atoms with Crippen molar-refractivity contribution in [1.82, 2.24) is 9.78 Å². The van der Waals surface area contributed by atoms with Crippen LogP contribution in [0, 0.1) is 5.92 Å². The lowest BCUT2D eigenvalue weighted by Crippen LogP contribution is -2.13. The Morgan fingerprint density at radius 1 is 1.38 bits per heavy atom. The highest BCUT2D eigenvalue weighted by Crippen LogP contribution is 2.19. The molecule has 2 heteroatoms. The Kier molecular flexibility index (Phi) is 2.79. The summed E-state index contributed by atoms with van der Waals surface area (Å²) in [6.45, 7) is 12.0. The van der Waals surface area contributed by atoms with Crippen LogP contribution < -0.4 is 0 Å². The van der Waals surface area contributed by atoms with Crippen molar-refractivity contribution in [2.75, 3.05) is 0 Å². The van der Waals surface area contributed by atoms with E-state index >= 15 is 0 Å². The molecule has 74 valence electrons. The van der Waals surface area contributed by atoms with Crippen LogP contribution in [0.5, 0.6) is 0 Å². The maximum absolute atomic E-state index is 4.54. The van der Waals surface area contributed by atoms with Gasteiger partial charge >= 0.3 is 0 Å². The van der Waals surface area contributed by atoms with Gasteiger partial charge in [0.15, 0.2) is 0 Å². The fourth-order valence-corrected chi connectivity index (χ4v) is 1.24. The highest BCUT2D eigenvalue weighted by atomic mass is 15.3. The molecule has 0 amide bonds. The van der Waals surface area contributed by atoms with Crippen molar-refractivity contribution in [3.05, 3.63) is 18.0 Å². The van der Waals surface area contributed by atoms with E-state index in [1.165, 1.54) is 5.69 Å². The Balaban J connectivity index is 2.75. The quantitative estimate of drug-likeness (QED) is 0.684. The first-order chi connectivity index (χ1) is 5.89. The SMILES string of the molecule is CC(C)Cn1ccc(C(C)(C)C)n1. The maximum atomic E-state index is 4.54. The fraction of sp³-hybridized carbons (Fsp3) is 0.727. The molecule has 0 spiro atoms. The molecule has 1 heterocycles. The number of hydrogen-bond donors (Lipinski definition) is 0. The fourth-order valence-electron chi connectivity index (χ4n) is 1.24. The second-order valence-electron chi connectivity index (χ2n) is 5.07. The van der Waals surface area contributed by atoms with Gasteiger partial charge in [-0.2, -0.15) is 5.10 Å². The van der Waals surface area contributed by atoms with Gasteiger partial charge in [0.05, 0.1) is 5.69 Å². The molecule has 0 aliphatic rings. The predicted molar refractivity (Wildman–Crippen MR) is 55.8 cm³/mol. The molecule has 0 N–H and O–H groups in total. The van der Waals surface area contributed by atoms with Gasteiger partial charge in [-0.25, -0.2) is 0 Å². The van der Waals surface area contributed by atoms with Crippen LogP contribution in [0.2, 0.25) is 0 Å². The first-order valence-corrected chi connectivity index (χ1v) is 4.93. The minimum absolute atomic E-state index is 0.169. The summed E-state index contributed by atoms with van der Waals surface area (Å²) < 4.78 is 2.03. The molecule has 0 unspecified atom stereocenters. The van der Waals surface area contributed by atoms with E-state index in [1.807, 2.05) is 4.68 Å². The number of nitrogens with zero attached hydrogens (tertiary/aromatic N) is 2. The van der Waals surface area contributed by atoms with Gasteiger partial charge in [0.2, 0.25) is 0 Å². The molecule has 1 aromatic heterocycles. The average Bonchev–Trinajstić information content (AvgIpc) is 2.32. The largest absolute Gasteiger partial charge is 0.272 e. The molecule has 0 saturated carbocycles. The highest BCUT2D eigenvalue weighted by Gasteiger charge is 2.16. The number of rotatable bonds is 2. The van der Waals surface area contributed by atoms with Gasteiger partial charge in [-0.05, 0) is 12.0 Å². The molecule has 0 bridgehead atoms. The molecular formula is C11H20N2. The molecule has 0 aliphatic carbocycles. The summed E-state index contributed by atoms with van der Waals surface area (Å²) in [4.78, 5) is 0. The standard InChI is InChI=1S/C11H20N2/c1-9(2)8-13-7-6-10(12-13)11(3,4)5/h6-7,9H,8H2,1-5H3. The van der Waals surface area contributed by atoms with Crippen molar-refractivity contribution >= 4 is 0 Å². The first kappa shape index (κ1) is 10.3. The van der Waals surface area contributed by atoms with E-state index in [4.69, 9.17) is 0 Å². The summed E-state index contributed by atoms with van der Waals surface area (Å²) in [5, 5.41) is 4.54. The van der Waals surface area contributed by atoms with Crippen molar-refractivity contribution in [3.63, 3.8) is 0 Å². The van der Waals surface area contributed by atoms with Crippen LogP contribution in [0.25, 0.3) is 0 Å². The zero-order chi connectivity index (χ0) is 10.1. The highest BCUT2D eigenvalue weighted by molar-refractivity contribution is 5.10. The Morgan fingerprint density at radius 2 is 2.00 bits per heavy atom. The van der Waals surface area contributed by atoms with Gasteiger partial charge < -0.3 is 0 Å². The molecule has 1 rings (SSSR count). The van der Waals surface area contributed by atoms with E-state index < -0.39 is 0 Å². The Labute approximate surface area is 81.0 Å². The lowest BCUT2D eigenvalue weighted by atomic mass is 9.93. The molecule has 13 heavy (non-hydrogen) atoms. The van der Waals surface area contributed by atoms with Gasteiger partial charge in [0, 0.05) is 18.2 Å². The summed E-state index contributed by atoms with van der Waals surface area (Å²) in [6, 6.07) is 2.11. The van der Waals surface area contributed by atoms with Gasteiger partial charge in [0.1, 0.15) is 0 Å². The molecule has 0 atom stereocenters. The second kappa shape index (κ2) is 3.52. The number of aromatic nitrogens is 2. The molecule has 0 aliphatic heterocycles. The third kappa shape index (κ3) is 2.87. The molecular weight excluding hydrogens is 160 g/mol.